The predicted octanol–water partition coefficient (Wildman–Crippen LogP) is 1.17. The number of sulfonamides is 1. The fraction of sp³-hybridized carbons (Fsp3) is 0.800. The van der Waals surface area contributed by atoms with E-state index in [1.807, 2.05) is 0 Å². The summed E-state index contributed by atoms with van der Waals surface area (Å²) in [6.45, 7) is 11.0. The second-order valence-electron chi connectivity index (χ2n) is 4.92. The average molecular weight is 250 g/mol. The zero-order valence-electron chi connectivity index (χ0n) is 10.0. The van der Waals surface area contributed by atoms with Crippen molar-refractivity contribution in [3.8, 4) is 0 Å². The van der Waals surface area contributed by atoms with Crippen molar-refractivity contribution in [2.45, 2.75) is 26.3 Å². The molecule has 0 aromatic carbocycles. The molecule has 1 aliphatic rings. The van der Waals surface area contributed by atoms with Crippen LogP contribution in [0, 0.1) is 0 Å². The van der Waals surface area contributed by atoms with Crippen molar-refractivity contribution in [2.24, 2.45) is 0 Å². The highest BCUT2D eigenvalue weighted by Crippen LogP contribution is 2.19. The Bertz CT molecular complexity index is 365. The van der Waals surface area contributed by atoms with Crippen LogP contribution in [-0.2, 0) is 10.0 Å². The van der Waals surface area contributed by atoms with E-state index in [2.05, 4.69) is 32.3 Å². The van der Waals surface area contributed by atoms with Gasteiger partial charge in [0.25, 0.3) is 10.0 Å². The van der Waals surface area contributed by atoms with Gasteiger partial charge in [0, 0.05) is 31.7 Å². The Hall–Kier alpha value is -0.460. The molecule has 6 heteroatoms. The van der Waals surface area contributed by atoms with Crippen molar-refractivity contribution in [2.75, 3.05) is 26.2 Å². The highest BCUT2D eigenvalue weighted by atomic mass is 32.2. The summed E-state index contributed by atoms with van der Waals surface area (Å²) in [6, 6.07) is 0. The first kappa shape index (κ1) is 13.6. The second kappa shape index (κ2) is 4.43. The third kappa shape index (κ3) is 2.81. The molecule has 0 atom stereocenters. The maximum atomic E-state index is 12.8. The number of rotatable bonds is 2. The quantitative estimate of drug-likeness (QED) is 0.739. The van der Waals surface area contributed by atoms with Gasteiger partial charge >= 0.3 is 0 Å². The molecule has 0 unspecified atom stereocenters. The second-order valence-corrected chi connectivity index (χ2v) is 6.83. The SMILES string of the molecule is C=C(F)S(=O)(=O)N1CCN(C(C)(C)C)CC1. The summed E-state index contributed by atoms with van der Waals surface area (Å²) in [4.78, 5) is 2.18. The number of hydrogen-bond donors (Lipinski definition) is 0. The van der Waals surface area contributed by atoms with Crippen LogP contribution in [0.5, 0.6) is 0 Å². The molecule has 0 bridgehead atoms. The number of hydrogen-bond acceptors (Lipinski definition) is 3. The molecule has 16 heavy (non-hydrogen) atoms. The van der Waals surface area contributed by atoms with Crippen LogP contribution in [0.25, 0.3) is 0 Å². The minimum Gasteiger partial charge on any atom is -0.296 e. The molecular weight excluding hydrogens is 231 g/mol. The first-order valence-corrected chi connectivity index (χ1v) is 6.69. The highest BCUT2D eigenvalue weighted by Gasteiger charge is 2.32. The molecule has 0 amide bonds. The summed E-state index contributed by atoms with van der Waals surface area (Å²) >= 11 is 0. The van der Waals surface area contributed by atoms with E-state index in [0.717, 1.165) is 4.31 Å². The van der Waals surface area contributed by atoms with Gasteiger partial charge in [-0.05, 0) is 27.4 Å². The maximum absolute atomic E-state index is 12.8. The monoisotopic (exact) mass is 250 g/mol. The third-order valence-corrected chi connectivity index (χ3v) is 4.41. The first-order valence-electron chi connectivity index (χ1n) is 5.25. The molecule has 0 radical (unpaired) electrons. The Morgan fingerprint density at radius 3 is 1.94 bits per heavy atom. The van der Waals surface area contributed by atoms with Crippen molar-refractivity contribution in [3.63, 3.8) is 0 Å². The molecule has 1 saturated heterocycles. The Labute approximate surface area is 96.8 Å². The van der Waals surface area contributed by atoms with Crippen LogP contribution < -0.4 is 0 Å². The smallest absolute Gasteiger partial charge is 0.269 e. The van der Waals surface area contributed by atoms with Crippen LogP contribution >= 0.6 is 0 Å². The molecule has 1 fully saturated rings. The zero-order valence-corrected chi connectivity index (χ0v) is 10.8. The van der Waals surface area contributed by atoms with Crippen molar-refractivity contribution in [1.82, 2.24) is 9.21 Å². The summed E-state index contributed by atoms with van der Waals surface area (Å²) in [5.41, 5.74) is 0.0164. The lowest BCUT2D eigenvalue weighted by atomic mass is 10.1. The zero-order chi connectivity index (χ0) is 12.6. The van der Waals surface area contributed by atoms with Gasteiger partial charge in [0.1, 0.15) is 0 Å². The first-order chi connectivity index (χ1) is 7.15. The van der Waals surface area contributed by atoms with Crippen molar-refractivity contribution in [3.05, 3.63) is 11.7 Å². The molecule has 0 aromatic heterocycles. The van der Waals surface area contributed by atoms with Crippen molar-refractivity contribution >= 4 is 10.0 Å². The number of nitrogens with zero attached hydrogens (tertiary/aromatic N) is 2. The standard InChI is InChI=1S/C10H19FN2O2S/c1-9(11)16(14,15)13-7-5-12(6-8-13)10(2,3)4/h1,5-8H2,2-4H3. The summed E-state index contributed by atoms with van der Waals surface area (Å²) in [7, 11) is -3.92. The van der Waals surface area contributed by atoms with E-state index >= 15 is 0 Å². The Morgan fingerprint density at radius 1 is 1.19 bits per heavy atom. The van der Waals surface area contributed by atoms with Gasteiger partial charge in [-0.15, -0.1) is 0 Å². The molecule has 1 heterocycles. The normalized spacial score (nSPS) is 21.0. The fourth-order valence-corrected chi connectivity index (χ4v) is 2.66. The minimum atomic E-state index is -3.92. The van der Waals surface area contributed by atoms with Gasteiger partial charge in [0.2, 0.25) is 5.16 Å². The highest BCUT2D eigenvalue weighted by molar-refractivity contribution is 7.92. The Morgan fingerprint density at radius 2 is 1.62 bits per heavy atom. The van der Waals surface area contributed by atoms with Gasteiger partial charge in [0.05, 0.1) is 0 Å². The van der Waals surface area contributed by atoms with Crippen LogP contribution in [0.4, 0.5) is 4.39 Å². The lowest BCUT2D eigenvalue weighted by Crippen LogP contribution is -2.54. The lowest BCUT2D eigenvalue weighted by Gasteiger charge is -2.41. The van der Waals surface area contributed by atoms with Gasteiger partial charge < -0.3 is 0 Å². The molecule has 94 valence electrons. The van der Waals surface area contributed by atoms with Crippen LogP contribution in [0.1, 0.15) is 20.8 Å². The van der Waals surface area contributed by atoms with E-state index in [9.17, 15) is 12.8 Å². The van der Waals surface area contributed by atoms with Crippen LogP contribution in [0.2, 0.25) is 0 Å². The average Bonchev–Trinajstić information content (AvgIpc) is 2.16. The van der Waals surface area contributed by atoms with Gasteiger partial charge in [-0.25, -0.2) is 8.42 Å². The minimum absolute atomic E-state index is 0.0164. The molecule has 0 spiro atoms. The summed E-state index contributed by atoms with van der Waals surface area (Å²) < 4.78 is 36.9. The van der Waals surface area contributed by atoms with E-state index in [1.54, 1.807) is 0 Å². The Balaban J connectivity index is 2.67. The molecule has 1 rings (SSSR count). The molecule has 1 aliphatic heterocycles. The summed E-state index contributed by atoms with van der Waals surface area (Å²) in [6.07, 6.45) is 0. The van der Waals surface area contributed by atoms with Gasteiger partial charge in [-0.3, -0.25) is 4.90 Å². The van der Waals surface area contributed by atoms with E-state index in [4.69, 9.17) is 0 Å². The van der Waals surface area contributed by atoms with E-state index in [0.29, 0.717) is 26.2 Å². The van der Waals surface area contributed by atoms with E-state index in [1.165, 1.54) is 0 Å². The number of halogens is 1. The maximum Gasteiger partial charge on any atom is 0.269 e. The molecule has 0 aromatic rings. The van der Waals surface area contributed by atoms with Crippen molar-refractivity contribution < 1.29 is 12.8 Å². The fourth-order valence-electron chi connectivity index (χ4n) is 1.74. The van der Waals surface area contributed by atoms with Crippen LogP contribution in [0.3, 0.4) is 0 Å². The Kier molecular flexibility index (Phi) is 3.76. The molecule has 4 nitrogen and oxygen atoms in total. The number of piperazine rings is 1. The summed E-state index contributed by atoms with van der Waals surface area (Å²) in [5, 5.41) is -1.27. The van der Waals surface area contributed by atoms with Crippen LogP contribution in [-0.4, -0.2) is 49.3 Å². The van der Waals surface area contributed by atoms with Gasteiger partial charge in [-0.2, -0.15) is 8.70 Å². The largest absolute Gasteiger partial charge is 0.296 e. The topological polar surface area (TPSA) is 40.6 Å². The predicted molar refractivity (Wildman–Crippen MR) is 62.1 cm³/mol. The lowest BCUT2D eigenvalue weighted by molar-refractivity contribution is 0.0923. The molecular formula is C10H19FN2O2S. The van der Waals surface area contributed by atoms with E-state index in [-0.39, 0.29) is 5.54 Å². The van der Waals surface area contributed by atoms with E-state index < -0.39 is 15.2 Å². The summed E-state index contributed by atoms with van der Waals surface area (Å²) in [5.74, 6) is 0. The van der Waals surface area contributed by atoms with Crippen molar-refractivity contribution in [1.29, 1.82) is 0 Å². The van der Waals surface area contributed by atoms with Gasteiger partial charge in [0.15, 0.2) is 0 Å². The molecule has 0 aliphatic carbocycles. The third-order valence-electron chi connectivity index (χ3n) is 2.81. The van der Waals surface area contributed by atoms with Crippen LogP contribution in [0.15, 0.2) is 11.7 Å². The van der Waals surface area contributed by atoms with Gasteiger partial charge in [-0.1, -0.05) is 0 Å². The molecule has 0 saturated carbocycles. The molecule has 0 N–H and O–H groups in total.